The summed E-state index contributed by atoms with van der Waals surface area (Å²) >= 11 is 0. The Morgan fingerprint density at radius 3 is 2.61 bits per heavy atom. The number of carbonyl (C=O) groups is 1. The molecule has 0 fully saturated rings. The molecule has 0 bridgehead atoms. The highest BCUT2D eigenvalue weighted by Gasteiger charge is 2.14. The number of aromatic nitrogens is 1. The number of carbonyl (C=O) groups excluding carboxylic acids is 1. The first kappa shape index (κ1) is 12.3. The maximum atomic E-state index is 11.3. The van der Waals surface area contributed by atoms with Gasteiger partial charge in [-0.2, -0.15) is 0 Å². The zero-order valence-electron chi connectivity index (χ0n) is 10.6. The number of methoxy groups -OCH3 is 3. The third-order valence-corrected chi connectivity index (χ3v) is 2.84. The predicted octanol–water partition coefficient (Wildman–Crippen LogP) is 1.90. The molecule has 0 saturated carbocycles. The number of rotatable bonds is 4. The summed E-state index contributed by atoms with van der Waals surface area (Å²) in [5.74, 6) is 1.01. The Labute approximate surface area is 105 Å². The first-order valence-corrected chi connectivity index (χ1v) is 5.49. The number of aromatic amines is 1. The van der Waals surface area contributed by atoms with Crippen LogP contribution in [-0.4, -0.2) is 32.3 Å². The third kappa shape index (κ3) is 1.99. The molecule has 2 aromatic rings. The summed E-state index contributed by atoms with van der Waals surface area (Å²) < 4.78 is 15.2. The van der Waals surface area contributed by atoms with Crippen LogP contribution in [0.2, 0.25) is 0 Å². The van der Waals surface area contributed by atoms with Crippen LogP contribution in [0.1, 0.15) is 5.56 Å². The van der Waals surface area contributed by atoms with E-state index in [4.69, 9.17) is 9.47 Å². The van der Waals surface area contributed by atoms with Gasteiger partial charge in [0.05, 0.1) is 33.3 Å². The van der Waals surface area contributed by atoms with Crippen LogP contribution in [0.5, 0.6) is 11.5 Å². The second-order valence-electron chi connectivity index (χ2n) is 3.79. The van der Waals surface area contributed by atoms with Gasteiger partial charge in [-0.05, 0) is 17.7 Å². The van der Waals surface area contributed by atoms with E-state index >= 15 is 0 Å². The molecule has 18 heavy (non-hydrogen) atoms. The lowest BCUT2D eigenvalue weighted by molar-refractivity contribution is -0.139. The van der Waals surface area contributed by atoms with Gasteiger partial charge in [0.25, 0.3) is 0 Å². The maximum absolute atomic E-state index is 11.3. The molecule has 0 unspecified atom stereocenters. The fraction of sp³-hybridized carbons (Fsp3) is 0.308. The molecule has 2 rings (SSSR count). The molecule has 5 heteroatoms. The lowest BCUT2D eigenvalue weighted by Crippen LogP contribution is -2.03. The molecule has 0 aliphatic heterocycles. The van der Waals surface area contributed by atoms with Crippen LogP contribution < -0.4 is 9.47 Å². The molecule has 0 radical (unpaired) electrons. The van der Waals surface area contributed by atoms with Crippen molar-refractivity contribution in [2.24, 2.45) is 0 Å². The van der Waals surface area contributed by atoms with Gasteiger partial charge in [-0.25, -0.2) is 0 Å². The molecule has 0 aliphatic rings. The minimum Gasteiger partial charge on any atom is -0.493 e. The van der Waals surface area contributed by atoms with Gasteiger partial charge in [-0.1, -0.05) is 0 Å². The summed E-state index contributed by atoms with van der Waals surface area (Å²) in [6.45, 7) is 0. The molecular formula is C13H15NO4. The normalized spacial score (nSPS) is 10.4. The smallest absolute Gasteiger partial charge is 0.310 e. The van der Waals surface area contributed by atoms with Crippen LogP contribution in [0, 0.1) is 0 Å². The van der Waals surface area contributed by atoms with Gasteiger partial charge in [-0.3, -0.25) is 4.79 Å². The molecule has 1 aromatic heterocycles. The fourth-order valence-corrected chi connectivity index (χ4v) is 1.95. The van der Waals surface area contributed by atoms with Gasteiger partial charge in [-0.15, -0.1) is 0 Å². The molecule has 1 N–H and O–H groups in total. The van der Waals surface area contributed by atoms with Crippen LogP contribution in [0.4, 0.5) is 0 Å². The molecule has 0 saturated heterocycles. The molecule has 0 spiro atoms. The van der Waals surface area contributed by atoms with E-state index in [-0.39, 0.29) is 12.4 Å². The Kier molecular flexibility index (Phi) is 3.41. The van der Waals surface area contributed by atoms with Crippen LogP contribution in [-0.2, 0) is 16.0 Å². The minimum atomic E-state index is -0.273. The van der Waals surface area contributed by atoms with Crippen molar-refractivity contribution in [2.75, 3.05) is 21.3 Å². The van der Waals surface area contributed by atoms with Crippen molar-refractivity contribution in [3.63, 3.8) is 0 Å². The van der Waals surface area contributed by atoms with Gasteiger partial charge in [0.1, 0.15) is 0 Å². The number of benzene rings is 1. The molecule has 1 aromatic carbocycles. The monoisotopic (exact) mass is 249 g/mol. The number of hydrogen-bond donors (Lipinski definition) is 1. The van der Waals surface area contributed by atoms with Crippen LogP contribution >= 0.6 is 0 Å². The van der Waals surface area contributed by atoms with Crippen molar-refractivity contribution in [3.05, 3.63) is 23.9 Å². The average Bonchev–Trinajstić information content (AvgIpc) is 2.80. The van der Waals surface area contributed by atoms with Crippen molar-refractivity contribution in [3.8, 4) is 11.5 Å². The van der Waals surface area contributed by atoms with Crippen LogP contribution in [0.3, 0.4) is 0 Å². The Hall–Kier alpha value is -2.17. The van der Waals surface area contributed by atoms with Crippen molar-refractivity contribution < 1.29 is 19.0 Å². The summed E-state index contributed by atoms with van der Waals surface area (Å²) in [5, 5.41) is 0.929. The minimum absolute atomic E-state index is 0.228. The lowest BCUT2D eigenvalue weighted by atomic mass is 10.1. The van der Waals surface area contributed by atoms with E-state index in [1.54, 1.807) is 20.4 Å². The Morgan fingerprint density at radius 2 is 2.00 bits per heavy atom. The van der Waals surface area contributed by atoms with E-state index in [1.165, 1.54) is 7.11 Å². The van der Waals surface area contributed by atoms with Gasteiger partial charge >= 0.3 is 5.97 Å². The second kappa shape index (κ2) is 5.00. The van der Waals surface area contributed by atoms with E-state index in [2.05, 4.69) is 9.72 Å². The summed E-state index contributed by atoms with van der Waals surface area (Å²) in [7, 11) is 4.54. The Bertz CT molecular complexity index is 574. The van der Waals surface area contributed by atoms with Crippen molar-refractivity contribution in [1.82, 2.24) is 4.98 Å². The summed E-state index contributed by atoms with van der Waals surface area (Å²) in [6, 6.07) is 3.71. The first-order valence-electron chi connectivity index (χ1n) is 5.49. The molecule has 96 valence electrons. The number of H-pyrrole nitrogens is 1. The average molecular weight is 249 g/mol. The standard InChI is InChI=1S/C13H15NO4/c1-16-10-5-4-9-8(6-11(15)17-2)7-14-12(9)13(10)18-3/h4-5,7,14H,6H2,1-3H3. The number of nitrogens with one attached hydrogen (secondary N) is 1. The molecule has 0 aliphatic carbocycles. The molecule has 0 amide bonds. The van der Waals surface area contributed by atoms with E-state index < -0.39 is 0 Å². The summed E-state index contributed by atoms with van der Waals surface area (Å²) in [4.78, 5) is 14.4. The first-order chi connectivity index (χ1) is 8.71. The SMILES string of the molecule is COC(=O)Cc1c[nH]c2c(OC)c(OC)ccc12. The highest BCUT2D eigenvalue weighted by Crippen LogP contribution is 2.36. The topological polar surface area (TPSA) is 60.6 Å². The third-order valence-electron chi connectivity index (χ3n) is 2.84. The lowest BCUT2D eigenvalue weighted by Gasteiger charge is -2.08. The fourth-order valence-electron chi connectivity index (χ4n) is 1.95. The van der Waals surface area contributed by atoms with E-state index in [0.29, 0.717) is 11.5 Å². The number of fused-ring (bicyclic) bond motifs is 1. The van der Waals surface area contributed by atoms with Gasteiger partial charge in [0.2, 0.25) is 0 Å². The quantitative estimate of drug-likeness (QED) is 0.841. The predicted molar refractivity (Wildman–Crippen MR) is 67.1 cm³/mol. The van der Waals surface area contributed by atoms with Gasteiger partial charge in [0, 0.05) is 11.6 Å². The van der Waals surface area contributed by atoms with Crippen molar-refractivity contribution in [1.29, 1.82) is 0 Å². The zero-order valence-corrected chi connectivity index (χ0v) is 10.6. The second-order valence-corrected chi connectivity index (χ2v) is 3.79. The number of ether oxygens (including phenoxy) is 3. The van der Waals surface area contributed by atoms with Crippen LogP contribution in [0.15, 0.2) is 18.3 Å². The zero-order chi connectivity index (χ0) is 13.1. The van der Waals surface area contributed by atoms with Crippen molar-refractivity contribution in [2.45, 2.75) is 6.42 Å². The molecule has 0 atom stereocenters. The van der Waals surface area contributed by atoms with E-state index in [0.717, 1.165) is 16.5 Å². The van der Waals surface area contributed by atoms with E-state index in [1.807, 2.05) is 12.1 Å². The van der Waals surface area contributed by atoms with Gasteiger partial charge in [0.15, 0.2) is 11.5 Å². The largest absolute Gasteiger partial charge is 0.493 e. The van der Waals surface area contributed by atoms with Gasteiger partial charge < -0.3 is 19.2 Å². The molecule has 1 heterocycles. The highest BCUT2D eigenvalue weighted by atomic mass is 16.5. The summed E-state index contributed by atoms with van der Waals surface area (Å²) in [6.07, 6.45) is 2.01. The highest BCUT2D eigenvalue weighted by molar-refractivity contribution is 5.92. The maximum Gasteiger partial charge on any atom is 0.310 e. The number of esters is 1. The van der Waals surface area contributed by atoms with E-state index in [9.17, 15) is 4.79 Å². The number of hydrogen-bond acceptors (Lipinski definition) is 4. The molecular weight excluding hydrogens is 234 g/mol. The van der Waals surface area contributed by atoms with Crippen LogP contribution in [0.25, 0.3) is 10.9 Å². The molecule has 5 nitrogen and oxygen atoms in total. The Morgan fingerprint density at radius 1 is 1.22 bits per heavy atom. The summed E-state index contributed by atoms with van der Waals surface area (Å²) in [5.41, 5.74) is 1.69. The Balaban J connectivity index is 2.51. The van der Waals surface area contributed by atoms with Crippen molar-refractivity contribution >= 4 is 16.9 Å².